The fourth-order valence-electron chi connectivity index (χ4n) is 1.48. The van der Waals surface area contributed by atoms with Crippen molar-refractivity contribution in [3.05, 3.63) is 47.3 Å². The first-order valence-corrected chi connectivity index (χ1v) is 4.57. The molecule has 0 fully saturated rings. The molecule has 2 aromatic rings. The normalized spacial score (nSPS) is 10.5. The van der Waals surface area contributed by atoms with Crippen molar-refractivity contribution in [2.45, 2.75) is 0 Å². The predicted octanol–water partition coefficient (Wildman–Crippen LogP) is 0.615. The molecular weight excluding hydrogens is 192 g/mol. The molecule has 2 rings (SSSR count). The number of carbonyl (C=O) groups excluding carboxylic acids is 1. The molecule has 1 heterocycles. The first-order valence-electron chi connectivity index (χ1n) is 4.57. The van der Waals surface area contributed by atoms with Crippen LogP contribution in [0.25, 0.3) is 10.9 Å². The molecule has 0 aliphatic rings. The van der Waals surface area contributed by atoms with Crippen LogP contribution in [0.4, 0.5) is 0 Å². The number of para-hydroxylation sites is 1. The highest BCUT2D eigenvalue weighted by molar-refractivity contribution is 5.99. The summed E-state index contributed by atoms with van der Waals surface area (Å²) in [6.45, 7) is -0.0850. The SMILES string of the molecule is NCC(=O)c1cc2ccccc2[n+]([O-])c1. The first kappa shape index (κ1) is 9.61. The Hall–Kier alpha value is -1.94. The minimum Gasteiger partial charge on any atom is -0.618 e. The van der Waals surface area contributed by atoms with E-state index in [9.17, 15) is 10.0 Å². The van der Waals surface area contributed by atoms with E-state index in [0.29, 0.717) is 15.8 Å². The van der Waals surface area contributed by atoms with E-state index in [1.165, 1.54) is 6.20 Å². The van der Waals surface area contributed by atoms with Crippen molar-refractivity contribution in [1.29, 1.82) is 0 Å². The fourth-order valence-corrected chi connectivity index (χ4v) is 1.48. The van der Waals surface area contributed by atoms with Crippen LogP contribution in [0.3, 0.4) is 0 Å². The molecule has 2 N–H and O–H groups in total. The number of fused-ring (bicyclic) bond motifs is 1. The number of nitrogens with two attached hydrogens (primary N) is 1. The van der Waals surface area contributed by atoms with Crippen LogP contribution in [0.2, 0.25) is 0 Å². The predicted molar refractivity (Wildman–Crippen MR) is 56.3 cm³/mol. The average Bonchev–Trinajstić information content (AvgIpc) is 2.28. The van der Waals surface area contributed by atoms with Crippen LogP contribution in [-0.2, 0) is 0 Å². The van der Waals surface area contributed by atoms with Crippen molar-refractivity contribution in [3.8, 4) is 0 Å². The van der Waals surface area contributed by atoms with Crippen LogP contribution < -0.4 is 10.5 Å². The van der Waals surface area contributed by atoms with Crippen LogP contribution in [0.1, 0.15) is 10.4 Å². The minimum atomic E-state index is -0.231. The zero-order chi connectivity index (χ0) is 10.8. The molecule has 76 valence electrons. The molecule has 1 aromatic carbocycles. The molecule has 0 unspecified atom stereocenters. The third-order valence-electron chi connectivity index (χ3n) is 2.25. The van der Waals surface area contributed by atoms with Crippen molar-refractivity contribution in [3.63, 3.8) is 0 Å². The molecular formula is C11H10N2O2. The van der Waals surface area contributed by atoms with Crippen molar-refractivity contribution in [2.24, 2.45) is 5.73 Å². The van der Waals surface area contributed by atoms with E-state index in [0.717, 1.165) is 5.39 Å². The second-order valence-electron chi connectivity index (χ2n) is 3.24. The Morgan fingerprint density at radius 2 is 2.13 bits per heavy atom. The van der Waals surface area contributed by atoms with E-state index < -0.39 is 0 Å². The minimum absolute atomic E-state index is 0.0850. The van der Waals surface area contributed by atoms with Crippen molar-refractivity contribution >= 4 is 16.7 Å². The number of aromatic nitrogens is 1. The van der Waals surface area contributed by atoms with Crippen molar-refractivity contribution < 1.29 is 9.52 Å². The molecule has 0 radical (unpaired) electrons. The molecule has 0 aliphatic heterocycles. The maximum atomic E-state index is 11.5. The Bertz CT molecular complexity index is 523. The molecule has 1 aromatic heterocycles. The zero-order valence-corrected chi connectivity index (χ0v) is 8.01. The Balaban J connectivity index is 2.67. The lowest BCUT2D eigenvalue weighted by atomic mass is 10.1. The maximum absolute atomic E-state index is 11.5. The average molecular weight is 202 g/mol. The summed E-state index contributed by atoms with van der Waals surface area (Å²) < 4.78 is 0.693. The Morgan fingerprint density at radius 1 is 1.40 bits per heavy atom. The number of hydrogen-bond donors (Lipinski definition) is 1. The summed E-state index contributed by atoms with van der Waals surface area (Å²) in [4.78, 5) is 11.3. The third kappa shape index (κ3) is 1.67. The van der Waals surface area contributed by atoms with E-state index in [1.54, 1.807) is 24.3 Å². The van der Waals surface area contributed by atoms with Gasteiger partial charge in [0.2, 0.25) is 5.52 Å². The molecule has 0 atom stereocenters. The second-order valence-corrected chi connectivity index (χ2v) is 3.24. The van der Waals surface area contributed by atoms with Crippen LogP contribution in [-0.4, -0.2) is 12.3 Å². The molecule has 0 saturated heterocycles. The highest BCUT2D eigenvalue weighted by Crippen LogP contribution is 2.11. The van der Waals surface area contributed by atoms with Crippen LogP contribution in [0.5, 0.6) is 0 Å². The number of benzene rings is 1. The molecule has 4 heteroatoms. The lowest BCUT2D eigenvalue weighted by Crippen LogP contribution is -2.29. The lowest BCUT2D eigenvalue weighted by Gasteiger charge is -2.03. The van der Waals surface area contributed by atoms with Gasteiger partial charge in [-0.15, -0.1) is 0 Å². The number of hydrogen-bond acceptors (Lipinski definition) is 3. The standard InChI is InChI=1S/C11H10N2O2/c12-6-11(14)9-5-8-3-1-2-4-10(8)13(15)7-9/h1-5,7H,6,12H2. The van der Waals surface area contributed by atoms with Gasteiger partial charge in [-0.25, -0.2) is 0 Å². The summed E-state index contributed by atoms with van der Waals surface area (Å²) >= 11 is 0. The van der Waals surface area contributed by atoms with Gasteiger partial charge in [-0.3, -0.25) is 4.79 Å². The number of pyridine rings is 1. The van der Waals surface area contributed by atoms with Gasteiger partial charge in [0, 0.05) is 11.5 Å². The molecule has 0 bridgehead atoms. The van der Waals surface area contributed by atoms with E-state index in [1.807, 2.05) is 6.07 Å². The highest BCUT2D eigenvalue weighted by atomic mass is 16.5. The Kier molecular flexibility index (Phi) is 2.35. The second kappa shape index (κ2) is 3.67. The van der Waals surface area contributed by atoms with Crippen LogP contribution >= 0.6 is 0 Å². The summed E-state index contributed by atoms with van der Waals surface area (Å²) in [5.74, 6) is -0.231. The van der Waals surface area contributed by atoms with E-state index in [4.69, 9.17) is 5.73 Å². The molecule has 0 spiro atoms. The van der Waals surface area contributed by atoms with Gasteiger partial charge in [0.05, 0.1) is 12.1 Å². The molecule has 0 saturated carbocycles. The monoisotopic (exact) mass is 202 g/mol. The van der Waals surface area contributed by atoms with Gasteiger partial charge in [0.1, 0.15) is 0 Å². The number of carbonyl (C=O) groups is 1. The summed E-state index contributed by atoms with van der Waals surface area (Å²) in [6, 6.07) is 8.77. The van der Waals surface area contributed by atoms with E-state index in [2.05, 4.69) is 0 Å². The van der Waals surface area contributed by atoms with Gasteiger partial charge in [-0.1, -0.05) is 12.1 Å². The molecule has 15 heavy (non-hydrogen) atoms. The summed E-state index contributed by atoms with van der Waals surface area (Å²) in [5, 5.41) is 12.3. The van der Waals surface area contributed by atoms with Crippen LogP contribution in [0, 0.1) is 5.21 Å². The lowest BCUT2D eigenvalue weighted by molar-refractivity contribution is -0.577. The van der Waals surface area contributed by atoms with E-state index in [-0.39, 0.29) is 12.3 Å². The largest absolute Gasteiger partial charge is 0.618 e. The molecule has 0 aliphatic carbocycles. The molecule has 0 amide bonds. The summed E-state index contributed by atoms with van der Waals surface area (Å²) in [7, 11) is 0. The summed E-state index contributed by atoms with van der Waals surface area (Å²) in [6.07, 6.45) is 1.26. The number of Topliss-reactive ketones (excluding diaryl/α,β-unsaturated/α-hetero) is 1. The van der Waals surface area contributed by atoms with E-state index >= 15 is 0 Å². The van der Waals surface area contributed by atoms with Gasteiger partial charge in [-0.05, 0) is 12.1 Å². The van der Waals surface area contributed by atoms with Gasteiger partial charge >= 0.3 is 0 Å². The van der Waals surface area contributed by atoms with Crippen molar-refractivity contribution in [2.75, 3.05) is 6.54 Å². The number of rotatable bonds is 2. The highest BCUT2D eigenvalue weighted by Gasteiger charge is 2.10. The Morgan fingerprint density at radius 3 is 2.87 bits per heavy atom. The number of nitrogens with zero attached hydrogens (tertiary/aromatic N) is 1. The molecule has 4 nitrogen and oxygen atoms in total. The van der Waals surface area contributed by atoms with Crippen molar-refractivity contribution in [1.82, 2.24) is 0 Å². The zero-order valence-electron chi connectivity index (χ0n) is 8.01. The maximum Gasteiger partial charge on any atom is 0.223 e. The smallest absolute Gasteiger partial charge is 0.223 e. The third-order valence-corrected chi connectivity index (χ3v) is 2.25. The first-order chi connectivity index (χ1) is 7.22. The fraction of sp³-hybridized carbons (Fsp3) is 0.0909. The van der Waals surface area contributed by atoms with Gasteiger partial charge < -0.3 is 10.9 Å². The quantitative estimate of drug-likeness (QED) is 0.440. The summed E-state index contributed by atoms with van der Waals surface area (Å²) in [5.41, 5.74) is 6.14. The van der Waals surface area contributed by atoms with Crippen LogP contribution in [0.15, 0.2) is 36.5 Å². The number of ketones is 1. The van der Waals surface area contributed by atoms with Gasteiger partial charge in [0.15, 0.2) is 12.0 Å². The van der Waals surface area contributed by atoms with Gasteiger partial charge in [-0.2, -0.15) is 4.73 Å². The van der Waals surface area contributed by atoms with Gasteiger partial charge in [0.25, 0.3) is 0 Å². The topological polar surface area (TPSA) is 70.0 Å². The Labute approximate surface area is 86.5 Å².